The number of urea groups is 1. The minimum Gasteiger partial charge on any atom is -0.334 e. The van der Waals surface area contributed by atoms with E-state index in [0.717, 1.165) is 17.7 Å². The third kappa shape index (κ3) is 5.19. The quantitative estimate of drug-likeness (QED) is 0.539. The van der Waals surface area contributed by atoms with E-state index >= 15 is 0 Å². The fourth-order valence-corrected chi connectivity index (χ4v) is 4.40. The maximum Gasteiger partial charge on any atom is 0.416 e. The Kier molecular flexibility index (Phi) is 6.75. The van der Waals surface area contributed by atoms with Gasteiger partial charge >= 0.3 is 12.2 Å². The number of hydrogen-bond acceptors (Lipinski definition) is 4. The van der Waals surface area contributed by atoms with Crippen LogP contribution in [0.2, 0.25) is 0 Å². The summed E-state index contributed by atoms with van der Waals surface area (Å²) in [5.41, 5.74) is 1.51. The van der Waals surface area contributed by atoms with E-state index in [4.69, 9.17) is 0 Å². The van der Waals surface area contributed by atoms with Gasteiger partial charge in [-0.1, -0.05) is 32.0 Å². The highest BCUT2D eigenvalue weighted by Gasteiger charge is 2.39. The van der Waals surface area contributed by atoms with Crippen LogP contribution in [0.1, 0.15) is 65.2 Å². The van der Waals surface area contributed by atoms with Crippen LogP contribution in [0.3, 0.4) is 0 Å². The SMILES string of the molecule is CC(C)c1ccc(C(F)(F)F)cc1NC(=O)NCc1ccc2c(c1)C(=O)N(C1CCC(=O)NC1=O)C2. The lowest BCUT2D eigenvalue weighted by molar-refractivity contribution is -0.138. The van der Waals surface area contributed by atoms with Gasteiger partial charge in [-0.15, -0.1) is 0 Å². The highest BCUT2D eigenvalue weighted by atomic mass is 19.4. The number of anilines is 1. The molecule has 1 atom stereocenters. The van der Waals surface area contributed by atoms with Crippen molar-refractivity contribution in [3.8, 4) is 0 Å². The molecule has 4 rings (SSSR count). The number of fused-ring (bicyclic) bond motifs is 1. The number of imide groups is 1. The molecule has 0 radical (unpaired) electrons. The Morgan fingerprint density at radius 2 is 1.89 bits per heavy atom. The van der Waals surface area contributed by atoms with Crippen molar-refractivity contribution in [2.75, 3.05) is 5.32 Å². The first-order chi connectivity index (χ1) is 16.9. The molecule has 11 heteroatoms. The van der Waals surface area contributed by atoms with Crippen LogP contribution in [0.15, 0.2) is 36.4 Å². The van der Waals surface area contributed by atoms with E-state index in [1.54, 1.807) is 18.2 Å². The summed E-state index contributed by atoms with van der Waals surface area (Å²) >= 11 is 0. The molecule has 2 aromatic rings. The van der Waals surface area contributed by atoms with Crippen LogP contribution in [0.5, 0.6) is 0 Å². The van der Waals surface area contributed by atoms with E-state index in [1.807, 2.05) is 13.8 Å². The summed E-state index contributed by atoms with van der Waals surface area (Å²) in [6, 6.07) is 6.91. The average molecular weight is 502 g/mol. The number of rotatable bonds is 5. The van der Waals surface area contributed by atoms with Crippen molar-refractivity contribution in [2.24, 2.45) is 0 Å². The molecule has 2 aliphatic heterocycles. The van der Waals surface area contributed by atoms with Gasteiger partial charge in [0.2, 0.25) is 11.8 Å². The number of benzene rings is 2. The molecule has 0 aromatic heterocycles. The van der Waals surface area contributed by atoms with Gasteiger partial charge in [0.25, 0.3) is 5.91 Å². The Balaban J connectivity index is 1.42. The van der Waals surface area contributed by atoms with Gasteiger partial charge in [0.05, 0.1) is 5.56 Å². The molecule has 1 fully saturated rings. The first-order valence-corrected chi connectivity index (χ1v) is 11.5. The topological polar surface area (TPSA) is 108 Å². The summed E-state index contributed by atoms with van der Waals surface area (Å²) < 4.78 is 39.4. The molecule has 0 bridgehead atoms. The second-order valence-electron chi connectivity index (χ2n) is 9.15. The van der Waals surface area contributed by atoms with Crippen LogP contribution < -0.4 is 16.0 Å². The molecule has 0 spiro atoms. The van der Waals surface area contributed by atoms with Gasteiger partial charge in [-0.25, -0.2) is 4.79 Å². The van der Waals surface area contributed by atoms with Crippen molar-refractivity contribution >= 4 is 29.4 Å². The number of piperidine rings is 1. The zero-order valence-corrected chi connectivity index (χ0v) is 19.7. The molecule has 3 N–H and O–H groups in total. The molecule has 2 aromatic carbocycles. The largest absolute Gasteiger partial charge is 0.416 e. The van der Waals surface area contributed by atoms with Gasteiger partial charge in [0.15, 0.2) is 0 Å². The van der Waals surface area contributed by atoms with Crippen LogP contribution in [0, 0.1) is 0 Å². The molecule has 0 aliphatic carbocycles. The normalized spacial score (nSPS) is 17.8. The predicted octanol–water partition coefficient (Wildman–Crippen LogP) is 3.91. The molecular weight excluding hydrogens is 477 g/mol. The second kappa shape index (κ2) is 9.63. The number of nitrogens with zero attached hydrogens (tertiary/aromatic N) is 1. The zero-order valence-electron chi connectivity index (χ0n) is 19.7. The van der Waals surface area contributed by atoms with Crippen LogP contribution in [-0.2, 0) is 28.9 Å². The van der Waals surface area contributed by atoms with Gasteiger partial charge in [-0.3, -0.25) is 19.7 Å². The zero-order chi connectivity index (χ0) is 26.2. The fraction of sp³-hybridized carbons (Fsp3) is 0.360. The Morgan fingerprint density at radius 3 is 2.56 bits per heavy atom. The van der Waals surface area contributed by atoms with Gasteiger partial charge in [0, 0.05) is 30.8 Å². The highest BCUT2D eigenvalue weighted by molar-refractivity contribution is 6.05. The number of nitrogens with one attached hydrogen (secondary N) is 3. The third-order valence-corrected chi connectivity index (χ3v) is 6.30. The lowest BCUT2D eigenvalue weighted by Crippen LogP contribution is -2.52. The summed E-state index contributed by atoms with van der Waals surface area (Å²) in [4.78, 5) is 50.4. The smallest absolute Gasteiger partial charge is 0.334 e. The summed E-state index contributed by atoms with van der Waals surface area (Å²) in [7, 11) is 0. The first-order valence-electron chi connectivity index (χ1n) is 11.5. The van der Waals surface area contributed by atoms with Crippen LogP contribution in [-0.4, -0.2) is 34.7 Å². The lowest BCUT2D eigenvalue weighted by Gasteiger charge is -2.29. The van der Waals surface area contributed by atoms with E-state index in [0.29, 0.717) is 16.7 Å². The van der Waals surface area contributed by atoms with E-state index in [2.05, 4.69) is 16.0 Å². The van der Waals surface area contributed by atoms with Crippen molar-refractivity contribution in [3.05, 3.63) is 64.2 Å². The molecule has 2 heterocycles. The maximum absolute atomic E-state index is 13.1. The van der Waals surface area contributed by atoms with Crippen LogP contribution in [0.4, 0.5) is 23.7 Å². The molecule has 1 saturated heterocycles. The first kappa shape index (κ1) is 25.2. The molecule has 190 valence electrons. The van der Waals surface area contributed by atoms with Gasteiger partial charge in [0.1, 0.15) is 6.04 Å². The van der Waals surface area contributed by atoms with Crippen LogP contribution >= 0.6 is 0 Å². The summed E-state index contributed by atoms with van der Waals surface area (Å²) in [5, 5.41) is 7.36. The summed E-state index contributed by atoms with van der Waals surface area (Å²) in [6.45, 7) is 3.89. The molecule has 1 unspecified atom stereocenters. The maximum atomic E-state index is 13.1. The number of amides is 5. The molecule has 0 saturated carbocycles. The van der Waals surface area contributed by atoms with Crippen molar-refractivity contribution in [3.63, 3.8) is 0 Å². The van der Waals surface area contributed by atoms with Gasteiger partial charge < -0.3 is 15.5 Å². The number of hydrogen-bond donors (Lipinski definition) is 3. The van der Waals surface area contributed by atoms with Crippen molar-refractivity contribution < 1.29 is 32.3 Å². The fourth-order valence-electron chi connectivity index (χ4n) is 4.40. The Morgan fingerprint density at radius 1 is 1.14 bits per heavy atom. The minimum atomic E-state index is -4.54. The molecule has 36 heavy (non-hydrogen) atoms. The highest BCUT2D eigenvalue weighted by Crippen LogP contribution is 2.34. The van der Waals surface area contributed by atoms with Crippen LogP contribution in [0.25, 0.3) is 0 Å². The third-order valence-electron chi connectivity index (χ3n) is 6.30. The van der Waals surface area contributed by atoms with Gasteiger partial charge in [-0.05, 0) is 47.2 Å². The van der Waals surface area contributed by atoms with E-state index < -0.39 is 29.7 Å². The number of carbonyl (C=O) groups is 4. The Labute approximate surface area is 205 Å². The predicted molar refractivity (Wildman–Crippen MR) is 124 cm³/mol. The van der Waals surface area contributed by atoms with Crippen molar-refractivity contribution in [1.29, 1.82) is 0 Å². The number of carbonyl (C=O) groups excluding carboxylic acids is 4. The Hall–Kier alpha value is -3.89. The molecule has 5 amide bonds. The van der Waals surface area contributed by atoms with Gasteiger partial charge in [-0.2, -0.15) is 13.2 Å². The number of halogens is 3. The number of alkyl halides is 3. The summed E-state index contributed by atoms with van der Waals surface area (Å²) in [5.74, 6) is -1.31. The summed E-state index contributed by atoms with van der Waals surface area (Å²) in [6.07, 6.45) is -4.13. The standard InChI is InChI=1S/C25H25F3N4O4/c1-13(2)17-6-5-16(25(26,27)28)10-19(17)30-24(36)29-11-14-3-4-15-12-32(23(35)18(15)9-14)20-7-8-21(33)31-22(20)34/h3-6,9-10,13,20H,7-8,11-12H2,1-2H3,(H2,29,30,36)(H,31,33,34). The van der Waals surface area contributed by atoms with Crippen molar-refractivity contribution in [1.82, 2.24) is 15.5 Å². The molecule has 8 nitrogen and oxygen atoms in total. The second-order valence-corrected chi connectivity index (χ2v) is 9.15. The minimum absolute atomic E-state index is 0.0286. The average Bonchev–Trinajstić information content (AvgIpc) is 3.12. The molecular formula is C25H25F3N4O4. The molecule has 2 aliphatic rings. The van der Waals surface area contributed by atoms with E-state index in [1.165, 1.54) is 11.0 Å². The monoisotopic (exact) mass is 502 g/mol. The Bertz CT molecular complexity index is 1240. The van der Waals surface area contributed by atoms with Crippen molar-refractivity contribution in [2.45, 2.75) is 57.9 Å². The van der Waals surface area contributed by atoms with E-state index in [-0.39, 0.29) is 49.4 Å². The van der Waals surface area contributed by atoms with E-state index in [9.17, 15) is 32.3 Å². The lowest BCUT2D eigenvalue weighted by atomic mass is 9.99.